The molecule has 0 fully saturated rings. The molecule has 0 radical (unpaired) electrons. The van der Waals surface area contributed by atoms with Crippen LogP contribution in [-0.2, 0) is 16.6 Å². The van der Waals surface area contributed by atoms with Crippen molar-refractivity contribution in [2.75, 3.05) is 18.5 Å². The zero-order chi connectivity index (χ0) is 14.4. The molecule has 0 bridgehead atoms. The van der Waals surface area contributed by atoms with Gasteiger partial charge in [-0.25, -0.2) is 0 Å². The first kappa shape index (κ1) is 15.2. The molecule has 1 heterocycles. The molecule has 1 aromatic heterocycles. The number of nitrogens with zero attached hydrogens (tertiary/aromatic N) is 3. The highest BCUT2D eigenvalue weighted by atomic mass is 16.2. The predicted molar refractivity (Wildman–Crippen MR) is 73.7 cm³/mol. The number of amides is 2. The van der Waals surface area contributed by atoms with Crippen LogP contribution in [0.15, 0.2) is 12.4 Å². The summed E-state index contributed by atoms with van der Waals surface area (Å²) in [5, 5.41) is 6.64. The van der Waals surface area contributed by atoms with E-state index in [9.17, 15) is 9.59 Å². The van der Waals surface area contributed by atoms with Crippen LogP contribution in [0.4, 0.5) is 5.69 Å². The molecule has 19 heavy (non-hydrogen) atoms. The van der Waals surface area contributed by atoms with Crippen LogP contribution in [0.3, 0.4) is 0 Å². The lowest BCUT2D eigenvalue weighted by Gasteiger charge is -2.15. The third-order valence-corrected chi connectivity index (χ3v) is 2.84. The van der Waals surface area contributed by atoms with Crippen molar-refractivity contribution in [2.24, 2.45) is 13.0 Å². The SMILES string of the molecule is CC(C)CCC(=O)NCC(=O)N(C)c1cnn(C)c1. The molecule has 0 saturated heterocycles. The smallest absolute Gasteiger partial charge is 0.246 e. The molecule has 0 aliphatic heterocycles. The molecule has 6 nitrogen and oxygen atoms in total. The molecular weight excluding hydrogens is 244 g/mol. The molecule has 6 heteroatoms. The summed E-state index contributed by atoms with van der Waals surface area (Å²) in [6.07, 6.45) is 4.65. The first-order chi connectivity index (χ1) is 8.90. The van der Waals surface area contributed by atoms with Crippen LogP contribution >= 0.6 is 0 Å². The van der Waals surface area contributed by atoms with E-state index >= 15 is 0 Å². The zero-order valence-corrected chi connectivity index (χ0v) is 12.0. The van der Waals surface area contributed by atoms with Gasteiger partial charge >= 0.3 is 0 Å². The molecule has 0 spiro atoms. The Labute approximate surface area is 113 Å². The molecule has 0 aliphatic rings. The van der Waals surface area contributed by atoms with Gasteiger partial charge in [0.15, 0.2) is 0 Å². The number of likely N-dealkylation sites (N-methyl/N-ethyl adjacent to an activating group) is 1. The summed E-state index contributed by atoms with van der Waals surface area (Å²) in [4.78, 5) is 24.9. The molecular formula is C13H22N4O2. The van der Waals surface area contributed by atoms with Gasteiger partial charge in [0.2, 0.25) is 11.8 Å². The fourth-order valence-electron chi connectivity index (χ4n) is 1.53. The number of rotatable bonds is 6. The van der Waals surface area contributed by atoms with Crippen LogP contribution in [-0.4, -0.2) is 35.2 Å². The highest BCUT2D eigenvalue weighted by molar-refractivity contribution is 5.95. The average molecular weight is 266 g/mol. The Morgan fingerprint density at radius 1 is 1.47 bits per heavy atom. The van der Waals surface area contributed by atoms with Gasteiger partial charge in [-0.05, 0) is 12.3 Å². The van der Waals surface area contributed by atoms with Crippen molar-refractivity contribution in [3.8, 4) is 0 Å². The van der Waals surface area contributed by atoms with E-state index in [0.29, 0.717) is 18.0 Å². The van der Waals surface area contributed by atoms with E-state index in [1.54, 1.807) is 31.2 Å². The lowest BCUT2D eigenvalue weighted by atomic mass is 10.1. The summed E-state index contributed by atoms with van der Waals surface area (Å²) in [6, 6.07) is 0. The number of nitrogens with one attached hydrogen (secondary N) is 1. The summed E-state index contributed by atoms with van der Waals surface area (Å²) in [7, 11) is 3.45. The number of anilines is 1. The maximum atomic E-state index is 11.9. The van der Waals surface area contributed by atoms with E-state index < -0.39 is 0 Å². The Hall–Kier alpha value is -1.85. The summed E-state index contributed by atoms with van der Waals surface area (Å²) in [5.74, 6) is 0.243. The van der Waals surface area contributed by atoms with Crippen LogP contribution in [0.5, 0.6) is 0 Å². The van der Waals surface area contributed by atoms with Gasteiger partial charge in [-0.3, -0.25) is 14.3 Å². The Kier molecular flexibility index (Phi) is 5.54. The second kappa shape index (κ2) is 6.92. The molecule has 0 aromatic carbocycles. The van der Waals surface area contributed by atoms with Gasteiger partial charge in [0, 0.05) is 26.7 Å². The predicted octanol–water partition coefficient (Wildman–Crippen LogP) is 0.935. The van der Waals surface area contributed by atoms with E-state index in [-0.39, 0.29) is 18.4 Å². The monoisotopic (exact) mass is 266 g/mol. The van der Waals surface area contributed by atoms with Crippen molar-refractivity contribution in [2.45, 2.75) is 26.7 Å². The van der Waals surface area contributed by atoms with Gasteiger partial charge in [-0.2, -0.15) is 5.10 Å². The number of carbonyl (C=O) groups is 2. The molecule has 0 aliphatic carbocycles. The van der Waals surface area contributed by atoms with Crippen molar-refractivity contribution in [3.63, 3.8) is 0 Å². The molecule has 0 unspecified atom stereocenters. The summed E-state index contributed by atoms with van der Waals surface area (Å²) >= 11 is 0. The fraction of sp³-hybridized carbons (Fsp3) is 0.615. The summed E-state index contributed by atoms with van der Waals surface area (Å²) in [5.41, 5.74) is 0.712. The summed E-state index contributed by atoms with van der Waals surface area (Å²) < 4.78 is 1.63. The van der Waals surface area contributed by atoms with Gasteiger partial charge < -0.3 is 10.2 Å². The van der Waals surface area contributed by atoms with E-state index in [0.717, 1.165) is 6.42 Å². The van der Waals surface area contributed by atoms with Crippen LogP contribution in [0.1, 0.15) is 26.7 Å². The van der Waals surface area contributed by atoms with Crippen LogP contribution in [0, 0.1) is 5.92 Å². The van der Waals surface area contributed by atoms with Gasteiger partial charge in [-0.1, -0.05) is 13.8 Å². The minimum absolute atomic E-state index is 0.0162. The van der Waals surface area contributed by atoms with Gasteiger partial charge in [-0.15, -0.1) is 0 Å². The second-order valence-corrected chi connectivity index (χ2v) is 5.03. The van der Waals surface area contributed by atoms with Gasteiger partial charge in [0.05, 0.1) is 18.4 Å². The molecule has 0 saturated carbocycles. The highest BCUT2D eigenvalue weighted by Gasteiger charge is 2.13. The number of hydrogen-bond donors (Lipinski definition) is 1. The lowest BCUT2D eigenvalue weighted by molar-refractivity contribution is -0.125. The minimum atomic E-state index is -0.161. The zero-order valence-electron chi connectivity index (χ0n) is 12.0. The van der Waals surface area contributed by atoms with Crippen molar-refractivity contribution in [1.29, 1.82) is 0 Å². The van der Waals surface area contributed by atoms with Crippen LogP contribution < -0.4 is 10.2 Å². The third kappa shape index (κ3) is 5.11. The van der Waals surface area contributed by atoms with E-state index in [1.165, 1.54) is 4.90 Å². The number of aryl methyl sites for hydroxylation is 1. The Morgan fingerprint density at radius 2 is 2.16 bits per heavy atom. The largest absolute Gasteiger partial charge is 0.347 e. The molecule has 2 amide bonds. The van der Waals surface area contributed by atoms with Crippen molar-refractivity contribution in [3.05, 3.63) is 12.4 Å². The topological polar surface area (TPSA) is 67.2 Å². The Bertz CT molecular complexity index is 440. The highest BCUT2D eigenvalue weighted by Crippen LogP contribution is 2.09. The first-order valence-electron chi connectivity index (χ1n) is 6.42. The maximum Gasteiger partial charge on any atom is 0.246 e. The van der Waals surface area contributed by atoms with E-state index in [2.05, 4.69) is 24.3 Å². The summed E-state index contributed by atoms with van der Waals surface area (Å²) in [6.45, 7) is 4.14. The first-order valence-corrected chi connectivity index (χ1v) is 6.42. The Balaban J connectivity index is 2.37. The number of carbonyl (C=O) groups excluding carboxylic acids is 2. The van der Waals surface area contributed by atoms with Crippen LogP contribution in [0.2, 0.25) is 0 Å². The van der Waals surface area contributed by atoms with Crippen LogP contribution in [0.25, 0.3) is 0 Å². The van der Waals surface area contributed by atoms with E-state index in [1.807, 2.05) is 0 Å². The third-order valence-electron chi connectivity index (χ3n) is 2.84. The Morgan fingerprint density at radius 3 is 2.68 bits per heavy atom. The van der Waals surface area contributed by atoms with E-state index in [4.69, 9.17) is 0 Å². The van der Waals surface area contributed by atoms with Crippen molar-refractivity contribution in [1.82, 2.24) is 15.1 Å². The number of hydrogen-bond acceptors (Lipinski definition) is 3. The molecule has 1 aromatic rings. The van der Waals surface area contributed by atoms with Crippen molar-refractivity contribution < 1.29 is 9.59 Å². The molecule has 106 valence electrons. The average Bonchev–Trinajstić information content (AvgIpc) is 2.79. The molecule has 1 rings (SSSR count). The maximum absolute atomic E-state index is 11.9. The normalized spacial score (nSPS) is 10.6. The molecule has 1 N–H and O–H groups in total. The molecule has 0 atom stereocenters. The number of aromatic nitrogens is 2. The second-order valence-electron chi connectivity index (χ2n) is 5.03. The minimum Gasteiger partial charge on any atom is -0.347 e. The van der Waals surface area contributed by atoms with Gasteiger partial charge in [0.1, 0.15) is 0 Å². The standard InChI is InChI=1S/C13H22N4O2/c1-10(2)5-6-12(18)14-8-13(19)17(4)11-7-15-16(3)9-11/h7,9-10H,5-6,8H2,1-4H3,(H,14,18). The van der Waals surface area contributed by atoms with Gasteiger partial charge in [0.25, 0.3) is 0 Å². The van der Waals surface area contributed by atoms with Crippen molar-refractivity contribution >= 4 is 17.5 Å². The fourth-order valence-corrected chi connectivity index (χ4v) is 1.53. The lowest BCUT2D eigenvalue weighted by Crippen LogP contribution is -2.38. The quantitative estimate of drug-likeness (QED) is 0.833.